The second-order valence-corrected chi connectivity index (χ2v) is 4.63. The number of benzene rings is 2. The molecule has 0 bridgehead atoms. The van der Waals surface area contributed by atoms with Crippen molar-refractivity contribution in [3.05, 3.63) is 48.5 Å². The monoisotopic (exact) mass is 279 g/mol. The lowest BCUT2D eigenvalue weighted by atomic mass is 10.3. The van der Waals surface area contributed by atoms with Gasteiger partial charge in [0.2, 0.25) is 5.95 Å². The highest BCUT2D eigenvalue weighted by molar-refractivity contribution is 5.79. The molecule has 21 heavy (non-hydrogen) atoms. The van der Waals surface area contributed by atoms with Crippen molar-refractivity contribution in [2.24, 2.45) is 0 Å². The summed E-state index contributed by atoms with van der Waals surface area (Å²) >= 11 is 0. The molecular formula is C15H13N5O. The molecule has 0 radical (unpaired) electrons. The average Bonchev–Trinajstić information content (AvgIpc) is 3.05. The molecule has 0 saturated heterocycles. The van der Waals surface area contributed by atoms with Crippen LogP contribution < -0.4 is 10.1 Å². The number of hydrogen-bond acceptors (Lipinski definition) is 4. The number of nitrogens with one attached hydrogen (secondary N) is 2. The Morgan fingerprint density at radius 2 is 1.86 bits per heavy atom. The first kappa shape index (κ1) is 11.8. The number of nitrogens with zero attached hydrogens (tertiary/aromatic N) is 3. The number of anilines is 2. The third-order valence-corrected chi connectivity index (χ3v) is 3.33. The quantitative estimate of drug-likeness (QED) is 0.605. The van der Waals surface area contributed by atoms with Crippen molar-refractivity contribution in [2.45, 2.75) is 0 Å². The fourth-order valence-corrected chi connectivity index (χ4v) is 2.36. The van der Waals surface area contributed by atoms with Crippen molar-refractivity contribution >= 4 is 28.4 Å². The van der Waals surface area contributed by atoms with Gasteiger partial charge in [0.25, 0.3) is 5.78 Å². The van der Waals surface area contributed by atoms with Crippen molar-refractivity contribution in [3.8, 4) is 5.75 Å². The van der Waals surface area contributed by atoms with Crippen LogP contribution in [0.2, 0.25) is 0 Å². The van der Waals surface area contributed by atoms with Crippen LogP contribution in [0.5, 0.6) is 5.75 Å². The van der Waals surface area contributed by atoms with E-state index in [1.165, 1.54) is 0 Å². The van der Waals surface area contributed by atoms with Gasteiger partial charge < -0.3 is 10.1 Å². The van der Waals surface area contributed by atoms with E-state index in [1.807, 2.05) is 53.0 Å². The normalized spacial score (nSPS) is 11.1. The molecule has 0 aliphatic rings. The molecule has 0 amide bonds. The number of rotatable bonds is 3. The van der Waals surface area contributed by atoms with Crippen LogP contribution in [0.1, 0.15) is 0 Å². The molecule has 0 spiro atoms. The standard InChI is InChI=1S/C15H13N5O/c1-21-13-9-5-3-7-11(13)16-14-18-15-17-10-6-2-4-8-12(10)20(15)19-14/h2-9H,1H3,(H2,16,17,18,19). The first-order valence-corrected chi connectivity index (χ1v) is 6.58. The summed E-state index contributed by atoms with van der Waals surface area (Å²) in [6, 6.07) is 15.6. The van der Waals surface area contributed by atoms with E-state index in [0.29, 0.717) is 11.7 Å². The molecule has 104 valence electrons. The van der Waals surface area contributed by atoms with Gasteiger partial charge in [-0.1, -0.05) is 24.3 Å². The van der Waals surface area contributed by atoms with E-state index >= 15 is 0 Å². The van der Waals surface area contributed by atoms with Crippen LogP contribution in [-0.4, -0.2) is 26.7 Å². The molecule has 2 aromatic heterocycles. The largest absolute Gasteiger partial charge is 0.495 e. The van der Waals surface area contributed by atoms with Crippen LogP contribution in [0, 0.1) is 0 Å². The number of para-hydroxylation sites is 4. The van der Waals surface area contributed by atoms with Gasteiger partial charge in [-0.05, 0) is 24.3 Å². The van der Waals surface area contributed by atoms with E-state index in [1.54, 1.807) is 7.11 Å². The predicted molar refractivity (Wildman–Crippen MR) is 81.1 cm³/mol. The van der Waals surface area contributed by atoms with Crippen LogP contribution in [-0.2, 0) is 0 Å². The van der Waals surface area contributed by atoms with Crippen LogP contribution in [0.15, 0.2) is 48.5 Å². The molecule has 2 heterocycles. The van der Waals surface area contributed by atoms with Gasteiger partial charge in [0.05, 0.1) is 23.8 Å². The van der Waals surface area contributed by atoms with E-state index in [-0.39, 0.29) is 0 Å². The van der Waals surface area contributed by atoms with E-state index in [9.17, 15) is 0 Å². The summed E-state index contributed by atoms with van der Waals surface area (Å²) in [5, 5.41) is 6.41. The topological polar surface area (TPSA) is 67.2 Å². The van der Waals surface area contributed by atoms with Gasteiger partial charge in [0.15, 0.2) is 0 Å². The minimum absolute atomic E-state index is 0.618. The maximum Gasteiger partial charge on any atom is 0.253 e. The molecule has 0 fully saturated rings. The zero-order valence-corrected chi connectivity index (χ0v) is 11.4. The van der Waals surface area contributed by atoms with Gasteiger partial charge in [0, 0.05) is 0 Å². The summed E-state index contributed by atoms with van der Waals surface area (Å²) in [4.78, 5) is 8.92. The van der Waals surface area contributed by atoms with Crippen LogP contribution in [0.3, 0.4) is 0 Å². The second kappa shape index (κ2) is 4.52. The van der Waals surface area contributed by atoms with Gasteiger partial charge in [-0.3, -0.25) is 5.10 Å². The summed E-state index contributed by atoms with van der Waals surface area (Å²) in [5.41, 5.74) is 2.76. The fraction of sp³-hybridized carbons (Fsp3) is 0.0667. The molecule has 0 atom stereocenters. The fourth-order valence-electron chi connectivity index (χ4n) is 2.36. The Hall–Kier alpha value is -3.02. The highest BCUT2D eigenvalue weighted by Gasteiger charge is 2.10. The van der Waals surface area contributed by atoms with Gasteiger partial charge in [-0.25, -0.2) is 9.50 Å². The van der Waals surface area contributed by atoms with Crippen molar-refractivity contribution in [1.82, 2.24) is 19.6 Å². The first-order valence-electron chi connectivity index (χ1n) is 6.58. The summed E-state index contributed by atoms with van der Waals surface area (Å²) in [6.07, 6.45) is 0. The summed E-state index contributed by atoms with van der Waals surface area (Å²) < 4.78 is 7.17. The van der Waals surface area contributed by atoms with Crippen molar-refractivity contribution in [1.29, 1.82) is 0 Å². The van der Waals surface area contributed by atoms with Gasteiger partial charge in [-0.2, -0.15) is 4.98 Å². The first-order chi connectivity index (χ1) is 10.3. The Morgan fingerprint density at radius 3 is 2.76 bits per heavy atom. The summed E-state index contributed by atoms with van der Waals surface area (Å²) in [5.74, 6) is 2.01. The maximum absolute atomic E-state index is 5.32. The van der Waals surface area contributed by atoms with E-state index in [0.717, 1.165) is 22.5 Å². The third kappa shape index (κ3) is 1.88. The Kier molecular flexibility index (Phi) is 2.53. The highest BCUT2D eigenvalue weighted by atomic mass is 16.5. The zero-order valence-electron chi connectivity index (χ0n) is 11.4. The SMILES string of the molecule is COc1ccccc1Nc1nc2nc3ccccc3n2[nH]1. The molecule has 0 saturated carbocycles. The Bertz CT molecular complexity index is 924. The second-order valence-electron chi connectivity index (χ2n) is 4.63. The van der Waals surface area contributed by atoms with Gasteiger partial charge >= 0.3 is 0 Å². The van der Waals surface area contributed by atoms with E-state index < -0.39 is 0 Å². The molecule has 2 aromatic carbocycles. The number of H-pyrrole nitrogens is 1. The van der Waals surface area contributed by atoms with Crippen LogP contribution >= 0.6 is 0 Å². The number of methoxy groups -OCH3 is 1. The average molecular weight is 279 g/mol. The van der Waals surface area contributed by atoms with Crippen LogP contribution in [0.4, 0.5) is 11.6 Å². The third-order valence-electron chi connectivity index (χ3n) is 3.33. The molecule has 0 aliphatic carbocycles. The van der Waals surface area contributed by atoms with E-state index in [4.69, 9.17) is 4.74 Å². The lowest BCUT2D eigenvalue weighted by molar-refractivity contribution is 0.417. The molecule has 6 nitrogen and oxygen atoms in total. The number of imidazole rings is 1. The molecule has 4 rings (SSSR count). The smallest absolute Gasteiger partial charge is 0.253 e. The lowest BCUT2D eigenvalue weighted by Gasteiger charge is -2.07. The number of hydrogen-bond donors (Lipinski definition) is 2. The van der Waals surface area contributed by atoms with Crippen molar-refractivity contribution in [2.75, 3.05) is 12.4 Å². The molecule has 0 aliphatic heterocycles. The maximum atomic E-state index is 5.32. The van der Waals surface area contributed by atoms with Crippen molar-refractivity contribution < 1.29 is 4.74 Å². The molecule has 4 aromatic rings. The minimum atomic E-state index is 0.618. The Balaban J connectivity index is 1.77. The summed E-state index contributed by atoms with van der Waals surface area (Å²) in [6.45, 7) is 0. The zero-order chi connectivity index (χ0) is 14.2. The number of fused-ring (bicyclic) bond motifs is 3. The Labute approximate surface area is 120 Å². The number of ether oxygens (including phenoxy) is 1. The number of aromatic amines is 1. The van der Waals surface area contributed by atoms with E-state index in [2.05, 4.69) is 20.4 Å². The van der Waals surface area contributed by atoms with Crippen LogP contribution in [0.25, 0.3) is 16.8 Å². The lowest BCUT2D eigenvalue weighted by Crippen LogP contribution is -1.96. The highest BCUT2D eigenvalue weighted by Crippen LogP contribution is 2.26. The predicted octanol–water partition coefficient (Wildman–Crippen LogP) is 2.96. The molecule has 2 N–H and O–H groups in total. The van der Waals surface area contributed by atoms with Crippen molar-refractivity contribution in [3.63, 3.8) is 0 Å². The minimum Gasteiger partial charge on any atom is -0.495 e. The van der Waals surface area contributed by atoms with Gasteiger partial charge in [0.1, 0.15) is 5.75 Å². The molecular weight excluding hydrogens is 266 g/mol. The molecule has 6 heteroatoms. The molecule has 0 unspecified atom stereocenters. The van der Waals surface area contributed by atoms with Gasteiger partial charge in [-0.15, -0.1) is 0 Å². The summed E-state index contributed by atoms with van der Waals surface area (Å²) in [7, 11) is 1.64. The Morgan fingerprint density at radius 1 is 1.05 bits per heavy atom. The number of aromatic nitrogens is 4.